The number of fused-ring (bicyclic) bond motifs is 4. The van der Waals surface area contributed by atoms with E-state index in [4.69, 9.17) is 21.1 Å². The van der Waals surface area contributed by atoms with Crippen molar-refractivity contribution >= 4 is 29.1 Å². The zero-order chi connectivity index (χ0) is 29.9. The zero-order valence-electron chi connectivity index (χ0n) is 24.9. The van der Waals surface area contributed by atoms with Gasteiger partial charge in [-0.05, 0) is 73.4 Å². The summed E-state index contributed by atoms with van der Waals surface area (Å²) in [5.41, 5.74) is 4.58. The molecule has 3 aromatic rings. The van der Waals surface area contributed by atoms with Gasteiger partial charge in [-0.2, -0.15) is 0 Å². The molecule has 0 aromatic heterocycles. The van der Waals surface area contributed by atoms with Crippen LogP contribution < -0.4 is 19.7 Å². The van der Waals surface area contributed by atoms with E-state index in [1.807, 2.05) is 73.3 Å². The smallest absolute Gasteiger partial charge is 0.254 e. The van der Waals surface area contributed by atoms with Crippen LogP contribution in [0.1, 0.15) is 52.9 Å². The highest BCUT2D eigenvalue weighted by molar-refractivity contribution is 6.30. The van der Waals surface area contributed by atoms with E-state index < -0.39 is 12.0 Å². The maximum absolute atomic E-state index is 14.1. The summed E-state index contributed by atoms with van der Waals surface area (Å²) in [6.07, 6.45) is 0.696. The fourth-order valence-electron chi connectivity index (χ4n) is 6.70. The fraction of sp³-hybridized carbons (Fsp3) is 0.412. The van der Waals surface area contributed by atoms with Gasteiger partial charge in [0, 0.05) is 62.1 Å². The molecule has 1 saturated heterocycles. The quantitative estimate of drug-likeness (QED) is 0.375. The van der Waals surface area contributed by atoms with Crippen LogP contribution in [0.3, 0.4) is 0 Å². The predicted molar refractivity (Wildman–Crippen MR) is 169 cm³/mol. The molecule has 3 aliphatic rings. The number of piperazine rings is 1. The van der Waals surface area contributed by atoms with Crippen molar-refractivity contribution in [2.45, 2.75) is 32.2 Å². The van der Waals surface area contributed by atoms with Crippen LogP contribution in [0.5, 0.6) is 11.5 Å². The van der Waals surface area contributed by atoms with Crippen molar-refractivity contribution in [1.29, 1.82) is 0 Å². The van der Waals surface area contributed by atoms with Gasteiger partial charge in [-0.25, -0.2) is 0 Å². The summed E-state index contributed by atoms with van der Waals surface area (Å²) >= 11 is 6.20. The first-order valence-corrected chi connectivity index (χ1v) is 15.7. The average Bonchev–Trinajstić information content (AvgIpc) is 3.02. The SMILES string of the molecule is CCOc1cc2c(cc1OCC)C1C(C(=O)NCCN3CCN(c4cccc(Cl)c4)CC3)c3ccccc3C(=O)N1CC2. The van der Waals surface area contributed by atoms with E-state index in [0.29, 0.717) is 49.8 Å². The van der Waals surface area contributed by atoms with Crippen LogP contribution in [-0.4, -0.2) is 80.6 Å². The normalized spacial score (nSPS) is 19.7. The van der Waals surface area contributed by atoms with E-state index in [2.05, 4.69) is 21.2 Å². The van der Waals surface area contributed by atoms with Gasteiger partial charge in [0.1, 0.15) is 0 Å². The molecule has 2 atom stereocenters. The van der Waals surface area contributed by atoms with Gasteiger partial charge < -0.3 is 24.6 Å². The first kappa shape index (κ1) is 29.3. The van der Waals surface area contributed by atoms with Crippen molar-refractivity contribution in [1.82, 2.24) is 15.1 Å². The average molecular weight is 603 g/mol. The number of amides is 2. The minimum atomic E-state index is -0.528. The highest BCUT2D eigenvalue weighted by Gasteiger charge is 2.46. The van der Waals surface area contributed by atoms with Gasteiger partial charge in [0.05, 0.1) is 25.2 Å². The lowest BCUT2D eigenvalue weighted by Gasteiger charge is -2.45. The van der Waals surface area contributed by atoms with Gasteiger partial charge in [-0.15, -0.1) is 0 Å². The molecule has 6 rings (SSSR count). The van der Waals surface area contributed by atoms with Crippen molar-refractivity contribution in [3.63, 3.8) is 0 Å². The van der Waals surface area contributed by atoms with E-state index in [1.165, 1.54) is 0 Å². The molecule has 0 bridgehead atoms. The largest absolute Gasteiger partial charge is 0.490 e. The lowest BCUT2D eigenvalue weighted by Crippen LogP contribution is -2.51. The molecular formula is C34H39ClN4O4. The molecule has 43 heavy (non-hydrogen) atoms. The van der Waals surface area contributed by atoms with E-state index >= 15 is 0 Å². The van der Waals surface area contributed by atoms with Crippen LogP contribution >= 0.6 is 11.6 Å². The van der Waals surface area contributed by atoms with E-state index in [9.17, 15) is 9.59 Å². The Bertz CT molecular complexity index is 1490. The van der Waals surface area contributed by atoms with Gasteiger partial charge in [0.2, 0.25) is 5.91 Å². The number of benzene rings is 3. The molecule has 9 heteroatoms. The Labute approximate surface area is 258 Å². The molecule has 3 aliphatic heterocycles. The summed E-state index contributed by atoms with van der Waals surface area (Å²) < 4.78 is 11.8. The molecule has 3 heterocycles. The Hall–Kier alpha value is -3.75. The number of hydrogen-bond donors (Lipinski definition) is 1. The second-order valence-corrected chi connectivity index (χ2v) is 11.7. The molecule has 0 saturated carbocycles. The van der Waals surface area contributed by atoms with Crippen molar-refractivity contribution in [3.8, 4) is 11.5 Å². The fourth-order valence-corrected chi connectivity index (χ4v) is 6.89. The van der Waals surface area contributed by atoms with Crippen LogP contribution in [0.25, 0.3) is 0 Å². The highest BCUT2D eigenvalue weighted by Crippen LogP contribution is 2.48. The highest BCUT2D eigenvalue weighted by atomic mass is 35.5. The maximum Gasteiger partial charge on any atom is 0.254 e. The molecular weight excluding hydrogens is 564 g/mol. The predicted octanol–water partition coefficient (Wildman–Crippen LogP) is 4.91. The van der Waals surface area contributed by atoms with Gasteiger partial charge in [0.15, 0.2) is 11.5 Å². The summed E-state index contributed by atoms with van der Waals surface area (Å²) in [5, 5.41) is 3.98. The Kier molecular flexibility index (Phi) is 8.77. The third kappa shape index (κ3) is 5.91. The molecule has 2 amide bonds. The second kappa shape index (κ2) is 12.9. The maximum atomic E-state index is 14.1. The van der Waals surface area contributed by atoms with E-state index in [0.717, 1.165) is 60.1 Å². The van der Waals surface area contributed by atoms with Crippen molar-refractivity contribution < 1.29 is 19.1 Å². The standard InChI is InChI=1S/C34H39ClN4O4/c1-3-42-29-20-23-12-14-39-32(28(23)22-30(29)43-4-2)31(26-10-5-6-11-27(26)34(39)41)33(40)36-13-15-37-16-18-38(19-17-37)25-9-7-8-24(35)21-25/h5-11,20-22,31-32H,3-4,12-19H2,1-2H3,(H,36,40). The molecule has 1 fully saturated rings. The van der Waals surface area contributed by atoms with Crippen LogP contribution in [0, 0.1) is 0 Å². The summed E-state index contributed by atoms with van der Waals surface area (Å²) in [4.78, 5) is 34.4. The molecule has 2 unspecified atom stereocenters. The topological polar surface area (TPSA) is 74.4 Å². The van der Waals surface area contributed by atoms with Crippen LogP contribution in [0.4, 0.5) is 5.69 Å². The van der Waals surface area contributed by atoms with Crippen LogP contribution in [-0.2, 0) is 11.2 Å². The zero-order valence-corrected chi connectivity index (χ0v) is 25.6. The Morgan fingerprint density at radius 2 is 1.65 bits per heavy atom. The first-order valence-electron chi connectivity index (χ1n) is 15.3. The minimum absolute atomic E-state index is 0.0280. The third-order valence-electron chi connectivity index (χ3n) is 8.74. The van der Waals surface area contributed by atoms with Crippen LogP contribution in [0.2, 0.25) is 5.02 Å². The molecule has 0 radical (unpaired) electrons. The third-order valence-corrected chi connectivity index (χ3v) is 8.98. The molecule has 3 aromatic carbocycles. The molecule has 0 spiro atoms. The minimum Gasteiger partial charge on any atom is -0.490 e. The van der Waals surface area contributed by atoms with Crippen molar-refractivity contribution in [2.75, 3.05) is 63.9 Å². The number of nitrogens with zero attached hydrogens (tertiary/aromatic N) is 3. The van der Waals surface area contributed by atoms with Crippen molar-refractivity contribution in [2.24, 2.45) is 0 Å². The van der Waals surface area contributed by atoms with Gasteiger partial charge in [-0.1, -0.05) is 35.9 Å². The molecule has 0 aliphatic carbocycles. The first-order chi connectivity index (χ1) is 21.0. The number of ether oxygens (including phenoxy) is 2. The van der Waals surface area contributed by atoms with E-state index in [-0.39, 0.29) is 11.8 Å². The van der Waals surface area contributed by atoms with Crippen LogP contribution in [0.15, 0.2) is 60.7 Å². The summed E-state index contributed by atoms with van der Waals surface area (Å²) in [5.74, 6) is 0.731. The van der Waals surface area contributed by atoms with Crippen molar-refractivity contribution in [3.05, 3.63) is 87.9 Å². The summed E-state index contributed by atoms with van der Waals surface area (Å²) in [6, 6.07) is 19.1. The Morgan fingerprint density at radius 1 is 0.907 bits per heavy atom. The lowest BCUT2D eigenvalue weighted by atomic mass is 9.75. The second-order valence-electron chi connectivity index (χ2n) is 11.2. The number of anilines is 1. The molecule has 1 N–H and O–H groups in total. The van der Waals surface area contributed by atoms with E-state index in [1.54, 1.807) is 0 Å². The Morgan fingerprint density at radius 3 is 2.40 bits per heavy atom. The number of carbonyl (C=O) groups is 2. The lowest BCUT2D eigenvalue weighted by molar-refractivity contribution is -0.124. The number of halogens is 1. The summed E-state index contributed by atoms with van der Waals surface area (Å²) in [7, 11) is 0. The summed E-state index contributed by atoms with van der Waals surface area (Å²) in [6.45, 7) is 10.4. The molecule has 8 nitrogen and oxygen atoms in total. The van der Waals surface area contributed by atoms with Gasteiger partial charge >= 0.3 is 0 Å². The molecule has 226 valence electrons. The van der Waals surface area contributed by atoms with Gasteiger partial charge in [-0.3, -0.25) is 14.5 Å². The monoisotopic (exact) mass is 602 g/mol. The number of nitrogens with one attached hydrogen (secondary N) is 1. The van der Waals surface area contributed by atoms with Gasteiger partial charge in [0.25, 0.3) is 5.91 Å². The number of hydrogen-bond acceptors (Lipinski definition) is 6. The Balaban J connectivity index is 1.20. The number of rotatable bonds is 9. The number of carbonyl (C=O) groups excluding carboxylic acids is 2.